The molecule has 1 aliphatic rings. The van der Waals surface area contributed by atoms with E-state index in [1.165, 1.54) is 12.1 Å². The summed E-state index contributed by atoms with van der Waals surface area (Å²) in [6.45, 7) is 5.38. The number of rotatable bonds is 7. The summed E-state index contributed by atoms with van der Waals surface area (Å²) in [6, 6.07) is 21.5. The van der Waals surface area contributed by atoms with Gasteiger partial charge in [-0.2, -0.15) is 8.42 Å². The number of hydrogen-bond donors (Lipinski definition) is 0. The minimum atomic E-state index is -3.96. The van der Waals surface area contributed by atoms with Crippen molar-refractivity contribution in [1.82, 2.24) is 4.90 Å². The number of carbonyl (C=O) groups is 1. The quantitative estimate of drug-likeness (QED) is 0.451. The first-order valence-electron chi connectivity index (χ1n) is 11.4. The van der Waals surface area contributed by atoms with E-state index in [4.69, 9.17) is 8.92 Å². The monoisotopic (exact) mass is 479 g/mol. The minimum Gasteiger partial charge on any atom is -0.379 e. The number of likely N-dealkylation sites (tertiary alicyclic amines) is 1. The zero-order valence-corrected chi connectivity index (χ0v) is 20.3. The van der Waals surface area contributed by atoms with Gasteiger partial charge in [0.1, 0.15) is 10.6 Å². The average molecular weight is 480 g/mol. The number of benzene rings is 3. The summed E-state index contributed by atoms with van der Waals surface area (Å²) in [6.07, 6.45) is 1.71. The third-order valence-electron chi connectivity index (χ3n) is 5.98. The highest BCUT2D eigenvalue weighted by Crippen LogP contribution is 2.24. The van der Waals surface area contributed by atoms with Crippen LogP contribution in [0.15, 0.2) is 77.7 Å². The van der Waals surface area contributed by atoms with Gasteiger partial charge in [-0.05, 0) is 73.7 Å². The van der Waals surface area contributed by atoms with Crippen LogP contribution >= 0.6 is 0 Å². The van der Waals surface area contributed by atoms with E-state index in [0.717, 1.165) is 24.0 Å². The molecule has 3 aromatic rings. The van der Waals surface area contributed by atoms with E-state index in [1.807, 2.05) is 48.2 Å². The van der Waals surface area contributed by atoms with Crippen LogP contribution in [0.4, 0.5) is 0 Å². The van der Waals surface area contributed by atoms with Gasteiger partial charge in [0, 0.05) is 18.7 Å². The molecule has 1 fully saturated rings. The van der Waals surface area contributed by atoms with Gasteiger partial charge in [0.2, 0.25) is 0 Å². The summed E-state index contributed by atoms with van der Waals surface area (Å²) >= 11 is 0. The number of aryl methyl sites for hydroxylation is 2. The molecule has 0 unspecified atom stereocenters. The maximum Gasteiger partial charge on any atom is 0.339 e. The maximum atomic E-state index is 12.9. The van der Waals surface area contributed by atoms with Crippen molar-refractivity contribution in [3.63, 3.8) is 0 Å². The summed E-state index contributed by atoms with van der Waals surface area (Å²) in [4.78, 5) is 14.9. The first-order valence-corrected chi connectivity index (χ1v) is 12.8. The molecule has 4 rings (SSSR count). The summed E-state index contributed by atoms with van der Waals surface area (Å²) in [5, 5.41) is 0. The topological polar surface area (TPSA) is 72.9 Å². The Bertz CT molecular complexity index is 1230. The van der Waals surface area contributed by atoms with Gasteiger partial charge < -0.3 is 13.8 Å². The second-order valence-corrected chi connectivity index (χ2v) is 10.1. The highest BCUT2D eigenvalue weighted by Gasteiger charge is 2.25. The van der Waals surface area contributed by atoms with Crippen molar-refractivity contribution in [3.05, 3.63) is 95.1 Å². The predicted octanol–water partition coefficient (Wildman–Crippen LogP) is 4.89. The predicted molar refractivity (Wildman–Crippen MR) is 130 cm³/mol. The number of amides is 1. The van der Waals surface area contributed by atoms with Gasteiger partial charge >= 0.3 is 10.1 Å². The van der Waals surface area contributed by atoms with Crippen LogP contribution in [0.2, 0.25) is 0 Å². The Labute approximate surface area is 201 Å². The molecule has 0 saturated carbocycles. The van der Waals surface area contributed by atoms with Crippen molar-refractivity contribution in [2.75, 3.05) is 13.1 Å². The van der Waals surface area contributed by atoms with Gasteiger partial charge in [-0.3, -0.25) is 4.79 Å². The maximum absolute atomic E-state index is 12.9. The lowest BCUT2D eigenvalue weighted by atomic mass is 10.1. The molecule has 1 aliphatic heterocycles. The van der Waals surface area contributed by atoms with E-state index < -0.39 is 10.1 Å². The molecule has 34 heavy (non-hydrogen) atoms. The summed E-state index contributed by atoms with van der Waals surface area (Å²) in [7, 11) is -3.96. The molecule has 178 valence electrons. The zero-order chi connectivity index (χ0) is 24.1. The number of nitrogens with zero attached hydrogens (tertiary/aromatic N) is 1. The molecule has 1 heterocycles. The molecule has 0 N–H and O–H groups in total. The standard InChI is InChI=1S/C27H29NO5S/c1-20-8-9-21(2)26(18-20)34(30,31)33-25-12-10-23(11-13-25)27(29)28-16-14-24(15-17-28)32-19-22-6-4-3-5-7-22/h3-13,18,24H,14-17,19H2,1-2H3. The molecule has 1 saturated heterocycles. The Morgan fingerprint density at radius 1 is 0.941 bits per heavy atom. The SMILES string of the molecule is Cc1ccc(C)c(S(=O)(=O)Oc2ccc(C(=O)N3CCC(OCc4ccccc4)CC3)cc2)c1. The van der Waals surface area contributed by atoms with Crippen molar-refractivity contribution in [1.29, 1.82) is 0 Å². The normalized spacial score (nSPS) is 14.7. The molecule has 7 heteroatoms. The molecule has 0 bridgehead atoms. The Kier molecular flexibility index (Phi) is 7.34. The second kappa shape index (κ2) is 10.4. The molecule has 0 spiro atoms. The Balaban J connectivity index is 1.32. The Morgan fingerprint density at radius 3 is 2.29 bits per heavy atom. The molecule has 0 aromatic heterocycles. The van der Waals surface area contributed by atoms with Gasteiger partial charge in [-0.15, -0.1) is 0 Å². The van der Waals surface area contributed by atoms with Gasteiger partial charge in [0.25, 0.3) is 5.91 Å². The van der Waals surface area contributed by atoms with Crippen molar-refractivity contribution in [2.24, 2.45) is 0 Å². The highest BCUT2D eigenvalue weighted by molar-refractivity contribution is 7.87. The van der Waals surface area contributed by atoms with Crippen LogP contribution < -0.4 is 4.18 Å². The third-order valence-corrected chi connectivity index (χ3v) is 7.37. The first kappa shape index (κ1) is 24.0. The van der Waals surface area contributed by atoms with Crippen LogP contribution in [0.5, 0.6) is 5.75 Å². The fourth-order valence-corrected chi connectivity index (χ4v) is 5.24. The second-order valence-electron chi connectivity index (χ2n) is 8.62. The van der Waals surface area contributed by atoms with Gasteiger partial charge in [-0.1, -0.05) is 42.5 Å². The lowest BCUT2D eigenvalue weighted by molar-refractivity contribution is -0.000380. The number of hydrogen-bond acceptors (Lipinski definition) is 5. The van der Waals surface area contributed by atoms with Gasteiger partial charge in [0.05, 0.1) is 12.7 Å². The molecular formula is C27H29NO5S. The number of carbonyl (C=O) groups excluding carboxylic acids is 1. The summed E-state index contributed by atoms with van der Waals surface area (Å²) in [5.74, 6) is 0.0934. The smallest absolute Gasteiger partial charge is 0.339 e. The van der Waals surface area contributed by atoms with Crippen molar-refractivity contribution in [3.8, 4) is 5.75 Å². The summed E-state index contributed by atoms with van der Waals surface area (Å²) in [5.41, 5.74) is 3.10. The zero-order valence-electron chi connectivity index (χ0n) is 19.4. The average Bonchev–Trinajstić information content (AvgIpc) is 2.85. The number of ether oxygens (including phenoxy) is 1. The Hall–Kier alpha value is -3.16. The van der Waals surface area contributed by atoms with Gasteiger partial charge in [-0.25, -0.2) is 0 Å². The van der Waals surface area contributed by atoms with E-state index in [1.54, 1.807) is 31.2 Å². The third kappa shape index (κ3) is 5.85. The summed E-state index contributed by atoms with van der Waals surface area (Å²) < 4.78 is 36.7. The lowest BCUT2D eigenvalue weighted by Crippen LogP contribution is -2.40. The fraction of sp³-hybridized carbons (Fsp3) is 0.296. The molecule has 3 aromatic carbocycles. The van der Waals surface area contributed by atoms with Crippen molar-refractivity contribution < 1.29 is 22.1 Å². The van der Waals surface area contributed by atoms with Crippen LogP contribution in [0.25, 0.3) is 0 Å². The molecular weight excluding hydrogens is 450 g/mol. The van der Waals surface area contributed by atoms with Crippen LogP contribution in [0.1, 0.15) is 39.9 Å². The van der Waals surface area contributed by atoms with Crippen LogP contribution in [-0.4, -0.2) is 38.4 Å². The molecule has 6 nitrogen and oxygen atoms in total. The first-order chi connectivity index (χ1) is 16.3. The largest absolute Gasteiger partial charge is 0.379 e. The lowest BCUT2D eigenvalue weighted by Gasteiger charge is -2.32. The molecule has 0 aliphatic carbocycles. The van der Waals surface area contributed by atoms with Crippen LogP contribution in [0.3, 0.4) is 0 Å². The molecule has 1 amide bonds. The highest BCUT2D eigenvalue weighted by atomic mass is 32.2. The van der Waals surface area contributed by atoms with E-state index >= 15 is 0 Å². The van der Waals surface area contributed by atoms with Crippen LogP contribution in [-0.2, 0) is 21.5 Å². The minimum absolute atomic E-state index is 0.0783. The molecule has 0 atom stereocenters. The fourth-order valence-electron chi connectivity index (χ4n) is 4.00. The van der Waals surface area contributed by atoms with Crippen LogP contribution in [0, 0.1) is 13.8 Å². The van der Waals surface area contributed by atoms with E-state index in [-0.39, 0.29) is 22.7 Å². The van der Waals surface area contributed by atoms with Crippen molar-refractivity contribution in [2.45, 2.75) is 44.3 Å². The van der Waals surface area contributed by atoms with E-state index in [2.05, 4.69) is 0 Å². The van der Waals surface area contributed by atoms with Crippen molar-refractivity contribution >= 4 is 16.0 Å². The Morgan fingerprint density at radius 2 is 1.62 bits per heavy atom. The molecule has 0 radical (unpaired) electrons. The van der Waals surface area contributed by atoms with E-state index in [0.29, 0.717) is 30.8 Å². The number of piperidine rings is 1. The van der Waals surface area contributed by atoms with Gasteiger partial charge in [0.15, 0.2) is 0 Å². The van der Waals surface area contributed by atoms with E-state index in [9.17, 15) is 13.2 Å².